The van der Waals surface area contributed by atoms with Crippen LogP contribution in [0.4, 0.5) is 0 Å². The summed E-state index contributed by atoms with van der Waals surface area (Å²) in [4.78, 5) is 37.3. The molecule has 4 N–H and O–H groups in total. The Morgan fingerprint density at radius 1 is 0.829 bits per heavy atom. The molecule has 0 bridgehead atoms. The maximum Gasteiger partial charge on any atom is 0.220 e. The third-order valence-corrected chi connectivity index (χ3v) is 11.9. The Morgan fingerprint density at radius 3 is 2.10 bits per heavy atom. The van der Waals surface area contributed by atoms with Crippen LogP contribution < -0.4 is 16.0 Å². The number of aliphatic hydroxyl groups excluding tert-OH is 1. The summed E-state index contributed by atoms with van der Waals surface area (Å²) in [6.07, 6.45) is 12.9. The Bertz CT molecular complexity index is 878. The number of aliphatic hydroxyl groups is 1. The maximum absolute atomic E-state index is 12.8. The summed E-state index contributed by atoms with van der Waals surface area (Å²) < 4.78 is 0. The number of carbonyl (C=O) groups excluding carboxylic acids is 3. The van der Waals surface area contributed by atoms with E-state index in [0.717, 1.165) is 54.8 Å². The van der Waals surface area contributed by atoms with Crippen LogP contribution in [0.1, 0.15) is 98.3 Å². The zero-order valence-corrected chi connectivity index (χ0v) is 26.3. The molecular weight excluding hydrogens is 516 g/mol. The van der Waals surface area contributed by atoms with Crippen LogP contribution in [0.5, 0.6) is 0 Å². The van der Waals surface area contributed by atoms with Crippen molar-refractivity contribution >= 4 is 17.7 Å². The van der Waals surface area contributed by atoms with Crippen molar-refractivity contribution in [3.63, 3.8) is 0 Å². The summed E-state index contributed by atoms with van der Waals surface area (Å²) in [5.41, 5.74) is 0.443. The molecule has 0 aliphatic heterocycles. The van der Waals surface area contributed by atoms with Crippen LogP contribution in [0.3, 0.4) is 0 Å². The summed E-state index contributed by atoms with van der Waals surface area (Å²) in [6, 6.07) is 0. The third kappa shape index (κ3) is 8.25. The van der Waals surface area contributed by atoms with E-state index in [0.29, 0.717) is 57.0 Å². The molecule has 4 rings (SSSR count). The number of hydrogen-bond donors (Lipinski definition) is 4. The Morgan fingerprint density at radius 2 is 1.44 bits per heavy atom. The van der Waals surface area contributed by atoms with Gasteiger partial charge in [-0.1, -0.05) is 13.8 Å². The minimum absolute atomic E-state index is 0.0533. The van der Waals surface area contributed by atoms with E-state index in [1.807, 2.05) is 0 Å². The Labute approximate surface area is 248 Å². The van der Waals surface area contributed by atoms with Crippen LogP contribution in [0.2, 0.25) is 0 Å². The van der Waals surface area contributed by atoms with Gasteiger partial charge in [0.1, 0.15) is 0 Å². The molecule has 9 atom stereocenters. The largest absolute Gasteiger partial charge is 0.393 e. The predicted octanol–water partition coefficient (Wildman–Crippen LogP) is 3.72. The lowest BCUT2D eigenvalue weighted by Gasteiger charge is -2.59. The molecule has 0 saturated heterocycles. The fraction of sp³-hybridized carbons (Fsp3) is 0.909. The van der Waals surface area contributed by atoms with Gasteiger partial charge in [0.15, 0.2) is 0 Å². The maximum atomic E-state index is 12.8. The summed E-state index contributed by atoms with van der Waals surface area (Å²) in [7, 11) is 0. The van der Waals surface area contributed by atoms with Gasteiger partial charge in [-0.2, -0.15) is 0 Å². The second kappa shape index (κ2) is 14.7. The highest BCUT2D eigenvalue weighted by Crippen LogP contribution is 2.64. The summed E-state index contributed by atoms with van der Waals surface area (Å²) in [6.45, 7) is 11.7. The van der Waals surface area contributed by atoms with Crippen LogP contribution in [0.15, 0.2) is 0 Å². The van der Waals surface area contributed by atoms with E-state index in [2.05, 4.69) is 34.7 Å². The fourth-order valence-electron chi connectivity index (χ4n) is 9.77. The summed E-state index contributed by atoms with van der Waals surface area (Å²) in [5.74, 6) is 5.52. The van der Waals surface area contributed by atoms with Crippen molar-refractivity contribution in [3.8, 4) is 0 Å². The number of fused-ring (bicyclic) bond motifs is 5. The fourth-order valence-corrected chi connectivity index (χ4v) is 9.77. The van der Waals surface area contributed by atoms with Gasteiger partial charge in [-0.3, -0.25) is 19.3 Å². The van der Waals surface area contributed by atoms with Crippen molar-refractivity contribution in [2.45, 2.75) is 104 Å². The van der Waals surface area contributed by atoms with Crippen molar-refractivity contribution < 1.29 is 19.5 Å². The first kappa shape index (κ1) is 32.2. The minimum atomic E-state index is -0.0705. The number of nitrogens with one attached hydrogen (secondary N) is 3. The van der Waals surface area contributed by atoms with Crippen LogP contribution in [0.25, 0.3) is 0 Å². The second-order valence-electron chi connectivity index (χ2n) is 14.3. The normalized spacial score (nSPS) is 35.1. The molecule has 0 heterocycles. The van der Waals surface area contributed by atoms with Gasteiger partial charge in [-0.05, 0) is 111 Å². The molecule has 234 valence electrons. The lowest BCUT2D eigenvalue weighted by molar-refractivity contribution is -0.121. The average Bonchev–Trinajstić information content (AvgIpc) is 3.36. The molecule has 41 heavy (non-hydrogen) atoms. The summed E-state index contributed by atoms with van der Waals surface area (Å²) in [5, 5.41) is 19.1. The van der Waals surface area contributed by atoms with Crippen molar-refractivity contribution in [2.24, 2.45) is 46.8 Å². The topological polar surface area (TPSA) is 111 Å². The van der Waals surface area contributed by atoms with E-state index < -0.39 is 0 Å². The third-order valence-electron chi connectivity index (χ3n) is 11.9. The quantitative estimate of drug-likeness (QED) is 0.268. The molecule has 4 aliphatic rings. The highest BCUT2D eigenvalue weighted by molar-refractivity contribution is 5.75. The molecule has 0 aromatic heterocycles. The van der Waals surface area contributed by atoms with Gasteiger partial charge in [0.2, 0.25) is 17.7 Å². The molecule has 0 radical (unpaired) electrons. The molecule has 3 amide bonds. The molecular formula is C33H58N4O4. The first-order chi connectivity index (χ1) is 19.6. The Balaban J connectivity index is 1.19. The van der Waals surface area contributed by atoms with E-state index in [1.165, 1.54) is 58.8 Å². The molecule has 0 aromatic rings. The monoisotopic (exact) mass is 574 g/mol. The van der Waals surface area contributed by atoms with E-state index in [1.54, 1.807) is 0 Å². The van der Waals surface area contributed by atoms with Gasteiger partial charge >= 0.3 is 0 Å². The molecule has 4 fully saturated rings. The van der Waals surface area contributed by atoms with Gasteiger partial charge in [0.25, 0.3) is 0 Å². The molecule has 4 aliphatic carbocycles. The smallest absolute Gasteiger partial charge is 0.220 e. The summed E-state index contributed by atoms with van der Waals surface area (Å²) >= 11 is 0. The standard InChI is InChI=1S/C33H58N4O4/c1-22(5-12-32(41)36-17-20-37(18-15-34-23(2)38)19-16-35-24(3)39)27-8-9-29-28(27)10-11-31-30(29)7-6-25-21-26(40)13-14-33(25,31)4/h22,25-31,40H,5-21H2,1-4H3,(H,34,38)(H,35,39)(H,36,41)/t22-,25-,26-,27-,28-,29-,30+,31+,33+/m1/s1. The lowest BCUT2D eigenvalue weighted by atomic mass is 9.47. The number of rotatable bonds is 13. The second-order valence-corrected chi connectivity index (χ2v) is 14.3. The van der Waals surface area contributed by atoms with Gasteiger partial charge in [-0.25, -0.2) is 0 Å². The minimum Gasteiger partial charge on any atom is -0.393 e. The molecule has 0 aromatic carbocycles. The van der Waals surface area contributed by atoms with E-state index in [-0.39, 0.29) is 23.8 Å². The van der Waals surface area contributed by atoms with Gasteiger partial charge < -0.3 is 21.1 Å². The van der Waals surface area contributed by atoms with Crippen molar-refractivity contribution in [1.82, 2.24) is 20.9 Å². The van der Waals surface area contributed by atoms with Crippen molar-refractivity contribution in [3.05, 3.63) is 0 Å². The number of nitrogens with zero attached hydrogens (tertiary/aromatic N) is 1. The van der Waals surface area contributed by atoms with E-state index >= 15 is 0 Å². The zero-order chi connectivity index (χ0) is 29.6. The number of hydrogen-bond acceptors (Lipinski definition) is 5. The van der Waals surface area contributed by atoms with E-state index in [4.69, 9.17) is 0 Å². The van der Waals surface area contributed by atoms with Gasteiger partial charge in [0, 0.05) is 59.5 Å². The first-order valence-corrected chi connectivity index (χ1v) is 16.7. The SMILES string of the molecule is CC(=O)NCCN(CCNC(C)=O)CCNC(=O)CC[C@@H](C)[C@H]1CC[C@@H]2[C@@H]1CC[C@H]1[C@H]2CC[C@@H]2C[C@H](O)CC[C@@]21C. The Hall–Kier alpha value is -1.67. The van der Waals surface area contributed by atoms with Crippen LogP contribution >= 0.6 is 0 Å². The zero-order valence-electron chi connectivity index (χ0n) is 26.3. The predicted molar refractivity (Wildman–Crippen MR) is 162 cm³/mol. The molecule has 4 saturated carbocycles. The van der Waals surface area contributed by atoms with E-state index in [9.17, 15) is 19.5 Å². The molecule has 0 spiro atoms. The van der Waals surface area contributed by atoms with Crippen molar-refractivity contribution in [2.75, 3.05) is 39.3 Å². The van der Waals surface area contributed by atoms with Crippen molar-refractivity contribution in [1.29, 1.82) is 0 Å². The molecule has 8 nitrogen and oxygen atoms in total. The highest BCUT2D eigenvalue weighted by atomic mass is 16.3. The average molecular weight is 575 g/mol. The van der Waals surface area contributed by atoms with Crippen LogP contribution in [0, 0.1) is 46.8 Å². The highest BCUT2D eigenvalue weighted by Gasteiger charge is 2.56. The number of amides is 3. The number of carbonyl (C=O) groups is 3. The lowest BCUT2D eigenvalue weighted by Crippen LogP contribution is -2.52. The van der Waals surface area contributed by atoms with Gasteiger partial charge in [0.05, 0.1) is 6.10 Å². The molecule has 0 unspecified atom stereocenters. The van der Waals surface area contributed by atoms with Crippen LogP contribution in [-0.4, -0.2) is 73.1 Å². The Kier molecular flexibility index (Phi) is 11.5. The van der Waals surface area contributed by atoms with Gasteiger partial charge in [-0.15, -0.1) is 0 Å². The first-order valence-electron chi connectivity index (χ1n) is 16.7. The van der Waals surface area contributed by atoms with Crippen LogP contribution in [-0.2, 0) is 14.4 Å². The molecule has 8 heteroatoms.